The third kappa shape index (κ3) is 2.60. The minimum absolute atomic E-state index is 0.172. The fraction of sp³-hybridized carbons (Fsp3) is 0.900. The molecule has 0 aliphatic carbocycles. The molecule has 2 saturated heterocycles. The molecule has 2 rings (SSSR count). The van der Waals surface area contributed by atoms with Gasteiger partial charge in [0.1, 0.15) is 0 Å². The van der Waals surface area contributed by atoms with Gasteiger partial charge in [-0.15, -0.1) is 0 Å². The lowest BCUT2D eigenvalue weighted by molar-refractivity contribution is 0.133. The van der Waals surface area contributed by atoms with E-state index in [1.165, 1.54) is 0 Å². The SMILES string of the molecule is N[C@@H]1CCCN(C(=O)N2CCNCC2)C1. The molecule has 0 aromatic carbocycles. The summed E-state index contributed by atoms with van der Waals surface area (Å²) < 4.78 is 0. The van der Waals surface area contributed by atoms with Crippen LogP contribution >= 0.6 is 0 Å². The van der Waals surface area contributed by atoms with E-state index in [1.54, 1.807) is 0 Å². The second-order valence-electron chi connectivity index (χ2n) is 4.37. The van der Waals surface area contributed by atoms with Crippen LogP contribution in [0.15, 0.2) is 0 Å². The normalized spacial score (nSPS) is 27.9. The maximum Gasteiger partial charge on any atom is 0.320 e. The van der Waals surface area contributed by atoms with Crippen LogP contribution in [0.2, 0.25) is 0 Å². The van der Waals surface area contributed by atoms with Gasteiger partial charge in [0.05, 0.1) is 0 Å². The molecule has 0 spiro atoms. The molecule has 2 amide bonds. The Bertz CT molecular complexity index is 227. The quantitative estimate of drug-likeness (QED) is 0.565. The predicted octanol–water partition coefficient (Wildman–Crippen LogP) is -0.565. The molecule has 0 unspecified atom stereocenters. The van der Waals surface area contributed by atoms with Crippen molar-refractivity contribution in [1.82, 2.24) is 15.1 Å². The van der Waals surface area contributed by atoms with E-state index in [1.807, 2.05) is 9.80 Å². The van der Waals surface area contributed by atoms with Crippen molar-refractivity contribution in [2.45, 2.75) is 18.9 Å². The van der Waals surface area contributed by atoms with Crippen molar-refractivity contribution in [3.63, 3.8) is 0 Å². The van der Waals surface area contributed by atoms with Crippen LogP contribution in [0.25, 0.3) is 0 Å². The summed E-state index contributed by atoms with van der Waals surface area (Å²) in [4.78, 5) is 15.9. The Hall–Kier alpha value is -0.810. The molecule has 2 aliphatic rings. The van der Waals surface area contributed by atoms with E-state index in [0.717, 1.165) is 52.1 Å². The first-order valence-electron chi connectivity index (χ1n) is 5.77. The van der Waals surface area contributed by atoms with Crippen molar-refractivity contribution in [3.8, 4) is 0 Å². The van der Waals surface area contributed by atoms with Crippen molar-refractivity contribution in [1.29, 1.82) is 0 Å². The lowest BCUT2D eigenvalue weighted by Crippen LogP contribution is -2.55. The van der Waals surface area contributed by atoms with Gasteiger partial charge in [0, 0.05) is 45.3 Å². The largest absolute Gasteiger partial charge is 0.326 e. The van der Waals surface area contributed by atoms with Gasteiger partial charge in [-0.25, -0.2) is 4.79 Å². The molecule has 3 N–H and O–H groups in total. The third-order valence-corrected chi connectivity index (χ3v) is 3.12. The smallest absolute Gasteiger partial charge is 0.320 e. The first kappa shape index (κ1) is 10.7. The molecule has 15 heavy (non-hydrogen) atoms. The van der Waals surface area contributed by atoms with Crippen molar-refractivity contribution >= 4 is 6.03 Å². The third-order valence-electron chi connectivity index (χ3n) is 3.12. The molecule has 1 atom stereocenters. The van der Waals surface area contributed by atoms with Crippen LogP contribution in [0.4, 0.5) is 4.79 Å². The zero-order chi connectivity index (χ0) is 10.7. The highest BCUT2D eigenvalue weighted by molar-refractivity contribution is 5.74. The number of piperidine rings is 1. The summed E-state index contributed by atoms with van der Waals surface area (Å²) in [5.41, 5.74) is 5.87. The van der Waals surface area contributed by atoms with Crippen molar-refractivity contribution in [2.75, 3.05) is 39.3 Å². The average Bonchev–Trinajstić information content (AvgIpc) is 2.29. The van der Waals surface area contributed by atoms with Gasteiger partial charge in [-0.1, -0.05) is 0 Å². The number of rotatable bonds is 0. The lowest BCUT2D eigenvalue weighted by Gasteiger charge is -2.36. The highest BCUT2D eigenvalue weighted by Crippen LogP contribution is 2.11. The van der Waals surface area contributed by atoms with E-state index in [9.17, 15) is 4.79 Å². The molecular weight excluding hydrogens is 192 g/mol. The minimum atomic E-state index is 0.172. The van der Waals surface area contributed by atoms with E-state index in [-0.39, 0.29) is 12.1 Å². The van der Waals surface area contributed by atoms with E-state index < -0.39 is 0 Å². The standard InChI is InChI=1S/C10H20N4O/c11-9-2-1-5-14(8-9)10(15)13-6-3-12-4-7-13/h9,12H,1-8,11H2/t9-/m1/s1. The maximum atomic E-state index is 12.1. The topological polar surface area (TPSA) is 61.6 Å². The molecule has 0 bridgehead atoms. The van der Waals surface area contributed by atoms with Gasteiger partial charge >= 0.3 is 6.03 Å². The zero-order valence-electron chi connectivity index (χ0n) is 9.11. The lowest BCUT2D eigenvalue weighted by atomic mass is 10.1. The summed E-state index contributed by atoms with van der Waals surface area (Å²) in [6.45, 7) is 5.06. The Labute approximate surface area is 90.6 Å². The summed E-state index contributed by atoms with van der Waals surface area (Å²) in [6.07, 6.45) is 2.09. The highest BCUT2D eigenvalue weighted by Gasteiger charge is 2.25. The molecule has 0 aromatic heterocycles. The number of nitrogens with two attached hydrogens (primary N) is 1. The van der Waals surface area contributed by atoms with Crippen LogP contribution in [-0.4, -0.2) is 61.1 Å². The molecule has 0 radical (unpaired) electrons. The second-order valence-corrected chi connectivity index (χ2v) is 4.37. The van der Waals surface area contributed by atoms with Crippen LogP contribution in [-0.2, 0) is 0 Å². The van der Waals surface area contributed by atoms with Gasteiger partial charge in [0.15, 0.2) is 0 Å². The van der Waals surface area contributed by atoms with Crippen LogP contribution in [0.3, 0.4) is 0 Å². The number of hydrogen-bond acceptors (Lipinski definition) is 3. The van der Waals surface area contributed by atoms with E-state index >= 15 is 0 Å². The molecule has 2 fully saturated rings. The Morgan fingerprint density at radius 3 is 2.60 bits per heavy atom. The van der Waals surface area contributed by atoms with Gasteiger partial charge in [0.2, 0.25) is 0 Å². The Morgan fingerprint density at radius 1 is 1.20 bits per heavy atom. The first-order chi connectivity index (χ1) is 7.27. The second kappa shape index (κ2) is 4.81. The number of amides is 2. The minimum Gasteiger partial charge on any atom is -0.326 e. The number of likely N-dealkylation sites (tertiary alicyclic amines) is 1. The van der Waals surface area contributed by atoms with E-state index in [4.69, 9.17) is 5.73 Å². The summed E-state index contributed by atoms with van der Waals surface area (Å²) in [6, 6.07) is 0.345. The molecular formula is C10H20N4O. The Kier molecular flexibility index (Phi) is 3.43. The fourth-order valence-corrected chi connectivity index (χ4v) is 2.24. The first-order valence-corrected chi connectivity index (χ1v) is 5.77. The van der Waals surface area contributed by atoms with Gasteiger partial charge in [-0.3, -0.25) is 0 Å². The summed E-state index contributed by atoms with van der Waals surface area (Å²) in [5, 5.41) is 3.24. The van der Waals surface area contributed by atoms with Crippen molar-refractivity contribution in [2.24, 2.45) is 5.73 Å². The number of hydrogen-bond donors (Lipinski definition) is 2. The molecule has 5 nitrogen and oxygen atoms in total. The van der Waals surface area contributed by atoms with Gasteiger partial charge in [-0.05, 0) is 12.8 Å². The van der Waals surface area contributed by atoms with Gasteiger partial charge in [-0.2, -0.15) is 0 Å². The van der Waals surface area contributed by atoms with Gasteiger partial charge < -0.3 is 20.9 Å². The molecule has 0 aromatic rings. The van der Waals surface area contributed by atoms with Crippen LogP contribution in [0.5, 0.6) is 0 Å². The molecule has 2 heterocycles. The predicted molar refractivity (Wildman–Crippen MR) is 58.6 cm³/mol. The number of carbonyl (C=O) groups is 1. The van der Waals surface area contributed by atoms with Crippen molar-refractivity contribution in [3.05, 3.63) is 0 Å². The van der Waals surface area contributed by atoms with Crippen molar-refractivity contribution < 1.29 is 4.79 Å². The zero-order valence-corrected chi connectivity index (χ0v) is 9.11. The van der Waals surface area contributed by atoms with Crippen LogP contribution in [0, 0.1) is 0 Å². The van der Waals surface area contributed by atoms with Gasteiger partial charge in [0.25, 0.3) is 0 Å². The molecule has 2 aliphatic heterocycles. The number of urea groups is 1. The molecule has 86 valence electrons. The maximum absolute atomic E-state index is 12.1. The van der Waals surface area contributed by atoms with Crippen LogP contribution < -0.4 is 11.1 Å². The monoisotopic (exact) mass is 212 g/mol. The van der Waals surface area contributed by atoms with Crippen LogP contribution in [0.1, 0.15) is 12.8 Å². The van der Waals surface area contributed by atoms with E-state index in [2.05, 4.69) is 5.32 Å². The Balaban J connectivity index is 1.88. The highest BCUT2D eigenvalue weighted by atomic mass is 16.2. The fourth-order valence-electron chi connectivity index (χ4n) is 2.24. The summed E-state index contributed by atoms with van der Waals surface area (Å²) >= 11 is 0. The molecule has 5 heteroatoms. The number of nitrogens with one attached hydrogen (secondary N) is 1. The number of carbonyl (C=O) groups excluding carboxylic acids is 1. The summed E-state index contributed by atoms with van der Waals surface area (Å²) in [5.74, 6) is 0. The molecule has 0 saturated carbocycles. The number of nitrogens with zero attached hydrogens (tertiary/aromatic N) is 2. The Morgan fingerprint density at radius 2 is 1.93 bits per heavy atom. The van der Waals surface area contributed by atoms with E-state index in [0.29, 0.717) is 0 Å². The summed E-state index contributed by atoms with van der Waals surface area (Å²) in [7, 11) is 0. The average molecular weight is 212 g/mol. The number of piperazine rings is 1.